The lowest BCUT2D eigenvalue weighted by atomic mass is 10.1. The average molecular weight is 407 g/mol. The lowest BCUT2D eigenvalue weighted by Crippen LogP contribution is -2.18. The highest BCUT2D eigenvalue weighted by Crippen LogP contribution is 2.30. The van der Waals surface area contributed by atoms with Crippen LogP contribution in [0.2, 0.25) is 0 Å². The zero-order valence-corrected chi connectivity index (χ0v) is 16.6. The maximum Gasteiger partial charge on any atom is 0.257 e. The number of ether oxygens (including phenoxy) is 2. The van der Waals surface area contributed by atoms with Gasteiger partial charge in [-0.25, -0.2) is 8.42 Å². The molecule has 0 spiro atoms. The Bertz CT molecular complexity index is 1000. The number of carbonyl (C=O) groups excluding carboxylic acids is 2. The molecule has 0 bridgehead atoms. The van der Waals surface area contributed by atoms with Gasteiger partial charge < -0.3 is 20.1 Å². The van der Waals surface area contributed by atoms with Gasteiger partial charge in [-0.3, -0.25) is 14.3 Å². The van der Waals surface area contributed by atoms with E-state index in [0.717, 1.165) is 6.26 Å². The van der Waals surface area contributed by atoms with Crippen molar-refractivity contribution in [3.05, 3.63) is 42.0 Å². The standard InChI is InChI=1S/C18H21N3O6S/c1-11(22)19-12-5-7-15(21-28(4,24)25)14(9-12)18(23)20-13-6-8-16(26-2)17(10-13)27-3/h5-10,21H,1-4H3,(H,19,22)(H,20,23). The molecule has 2 aromatic carbocycles. The van der Waals surface area contributed by atoms with Crippen LogP contribution < -0.4 is 24.8 Å². The molecule has 0 aliphatic rings. The molecule has 2 amide bonds. The number of hydrogen-bond donors (Lipinski definition) is 3. The minimum absolute atomic E-state index is 0.0338. The summed E-state index contributed by atoms with van der Waals surface area (Å²) in [5, 5.41) is 5.22. The summed E-state index contributed by atoms with van der Waals surface area (Å²) in [6.07, 6.45) is 0.977. The maximum atomic E-state index is 12.8. The summed E-state index contributed by atoms with van der Waals surface area (Å²) in [5.41, 5.74) is 0.878. The van der Waals surface area contributed by atoms with E-state index in [1.807, 2.05) is 0 Å². The first-order valence-corrected chi connectivity index (χ1v) is 9.95. The second-order valence-corrected chi connectivity index (χ2v) is 7.59. The number of nitrogens with one attached hydrogen (secondary N) is 3. The second kappa shape index (κ2) is 8.61. The van der Waals surface area contributed by atoms with E-state index in [1.165, 1.54) is 39.3 Å². The number of amides is 2. The third-order valence-corrected chi connectivity index (χ3v) is 4.11. The fourth-order valence-corrected chi connectivity index (χ4v) is 2.99. The van der Waals surface area contributed by atoms with Crippen molar-refractivity contribution in [2.45, 2.75) is 6.92 Å². The zero-order chi connectivity index (χ0) is 20.9. The summed E-state index contributed by atoms with van der Waals surface area (Å²) in [5.74, 6) is 0.00927. The van der Waals surface area contributed by atoms with Crippen LogP contribution in [-0.2, 0) is 14.8 Å². The molecule has 10 heteroatoms. The molecule has 0 aliphatic heterocycles. The van der Waals surface area contributed by atoms with Crippen LogP contribution in [0.1, 0.15) is 17.3 Å². The lowest BCUT2D eigenvalue weighted by Gasteiger charge is -2.14. The van der Waals surface area contributed by atoms with Crippen molar-refractivity contribution < 1.29 is 27.5 Å². The minimum atomic E-state index is -3.62. The topological polar surface area (TPSA) is 123 Å². The van der Waals surface area contributed by atoms with E-state index < -0.39 is 15.9 Å². The maximum absolute atomic E-state index is 12.8. The Balaban J connectivity index is 2.39. The molecule has 2 rings (SSSR count). The van der Waals surface area contributed by atoms with E-state index >= 15 is 0 Å². The predicted molar refractivity (Wildman–Crippen MR) is 107 cm³/mol. The number of methoxy groups -OCH3 is 2. The lowest BCUT2D eigenvalue weighted by molar-refractivity contribution is -0.114. The summed E-state index contributed by atoms with van der Waals surface area (Å²) < 4.78 is 35.9. The largest absolute Gasteiger partial charge is 0.493 e. The fourth-order valence-electron chi connectivity index (χ4n) is 2.41. The molecule has 9 nitrogen and oxygen atoms in total. The number of sulfonamides is 1. The van der Waals surface area contributed by atoms with Crippen LogP contribution in [0.3, 0.4) is 0 Å². The Labute approximate surface area is 163 Å². The normalized spacial score (nSPS) is 10.7. The van der Waals surface area contributed by atoms with Gasteiger partial charge in [0.1, 0.15) is 0 Å². The number of carbonyl (C=O) groups is 2. The summed E-state index contributed by atoms with van der Waals surface area (Å²) in [6, 6.07) is 9.07. The van der Waals surface area contributed by atoms with Gasteiger partial charge in [0.05, 0.1) is 31.7 Å². The molecule has 3 N–H and O–H groups in total. The van der Waals surface area contributed by atoms with Crippen LogP contribution in [-0.4, -0.2) is 40.7 Å². The van der Waals surface area contributed by atoms with Crippen LogP contribution >= 0.6 is 0 Å². The molecule has 0 heterocycles. The van der Waals surface area contributed by atoms with Gasteiger partial charge in [0.2, 0.25) is 15.9 Å². The summed E-state index contributed by atoms with van der Waals surface area (Å²) in [4.78, 5) is 24.1. The summed E-state index contributed by atoms with van der Waals surface area (Å²) in [7, 11) is -0.656. The van der Waals surface area contributed by atoms with Crippen molar-refractivity contribution in [1.29, 1.82) is 0 Å². The average Bonchev–Trinajstić information content (AvgIpc) is 2.61. The van der Waals surface area contributed by atoms with Crippen molar-refractivity contribution in [2.75, 3.05) is 35.8 Å². The fraction of sp³-hybridized carbons (Fsp3) is 0.222. The third-order valence-electron chi connectivity index (χ3n) is 3.52. The van der Waals surface area contributed by atoms with Gasteiger partial charge in [-0.1, -0.05) is 0 Å². The van der Waals surface area contributed by atoms with Gasteiger partial charge in [-0.15, -0.1) is 0 Å². The van der Waals surface area contributed by atoms with Gasteiger partial charge in [0.15, 0.2) is 11.5 Å². The predicted octanol–water partition coefficient (Wildman–Crippen LogP) is 2.29. The molecule has 2 aromatic rings. The Morgan fingerprint density at radius 2 is 1.50 bits per heavy atom. The molecule has 150 valence electrons. The number of rotatable bonds is 7. The summed E-state index contributed by atoms with van der Waals surface area (Å²) in [6.45, 7) is 1.33. The first-order chi connectivity index (χ1) is 13.1. The molecule has 0 aliphatic carbocycles. The van der Waals surface area contributed by atoms with Gasteiger partial charge in [-0.2, -0.15) is 0 Å². The molecule has 0 saturated heterocycles. The van der Waals surface area contributed by atoms with Crippen LogP contribution in [0.15, 0.2) is 36.4 Å². The molecular weight excluding hydrogens is 386 g/mol. The second-order valence-electron chi connectivity index (χ2n) is 5.84. The van der Waals surface area contributed by atoms with E-state index in [9.17, 15) is 18.0 Å². The highest BCUT2D eigenvalue weighted by molar-refractivity contribution is 7.92. The van der Waals surface area contributed by atoms with Crippen LogP contribution in [0, 0.1) is 0 Å². The van der Waals surface area contributed by atoms with E-state index in [2.05, 4.69) is 15.4 Å². The van der Waals surface area contributed by atoms with E-state index in [1.54, 1.807) is 18.2 Å². The number of hydrogen-bond acceptors (Lipinski definition) is 6. The zero-order valence-electron chi connectivity index (χ0n) is 15.8. The number of anilines is 3. The van der Waals surface area contributed by atoms with Gasteiger partial charge in [-0.05, 0) is 30.3 Å². The van der Waals surface area contributed by atoms with Gasteiger partial charge in [0.25, 0.3) is 5.91 Å². The van der Waals surface area contributed by atoms with Crippen molar-refractivity contribution in [1.82, 2.24) is 0 Å². The van der Waals surface area contributed by atoms with Crippen molar-refractivity contribution in [2.24, 2.45) is 0 Å². The Morgan fingerprint density at radius 3 is 2.07 bits per heavy atom. The van der Waals surface area contributed by atoms with Crippen LogP contribution in [0.4, 0.5) is 17.1 Å². The smallest absolute Gasteiger partial charge is 0.257 e. The van der Waals surface area contributed by atoms with Crippen LogP contribution in [0.25, 0.3) is 0 Å². The van der Waals surface area contributed by atoms with Crippen molar-refractivity contribution >= 4 is 38.9 Å². The Hall–Kier alpha value is -3.27. The summed E-state index contributed by atoms with van der Waals surface area (Å²) >= 11 is 0. The third kappa shape index (κ3) is 5.61. The minimum Gasteiger partial charge on any atom is -0.493 e. The molecule has 28 heavy (non-hydrogen) atoms. The highest BCUT2D eigenvalue weighted by atomic mass is 32.2. The monoisotopic (exact) mass is 407 g/mol. The van der Waals surface area contributed by atoms with Crippen molar-refractivity contribution in [3.63, 3.8) is 0 Å². The van der Waals surface area contributed by atoms with Crippen molar-refractivity contribution in [3.8, 4) is 11.5 Å². The Kier molecular flexibility index (Phi) is 6.47. The van der Waals surface area contributed by atoms with E-state index in [0.29, 0.717) is 22.9 Å². The van der Waals surface area contributed by atoms with E-state index in [4.69, 9.17) is 9.47 Å². The van der Waals surface area contributed by atoms with Gasteiger partial charge in [0, 0.05) is 24.4 Å². The highest BCUT2D eigenvalue weighted by Gasteiger charge is 2.17. The van der Waals surface area contributed by atoms with Crippen LogP contribution in [0.5, 0.6) is 11.5 Å². The SMILES string of the molecule is COc1ccc(NC(=O)c2cc(NC(C)=O)ccc2NS(C)(=O)=O)cc1OC. The number of benzene rings is 2. The molecule has 0 fully saturated rings. The first kappa shape index (κ1) is 21.0. The van der Waals surface area contributed by atoms with Gasteiger partial charge >= 0.3 is 0 Å². The molecular formula is C18H21N3O6S. The molecule has 0 unspecified atom stereocenters. The molecule has 0 radical (unpaired) electrons. The Morgan fingerprint density at radius 1 is 0.893 bits per heavy atom. The first-order valence-electron chi connectivity index (χ1n) is 8.05. The quantitative estimate of drug-likeness (QED) is 0.647. The molecule has 0 atom stereocenters. The molecule has 0 saturated carbocycles. The molecule has 0 aromatic heterocycles. The van der Waals surface area contributed by atoms with E-state index in [-0.39, 0.29) is 17.2 Å².